The highest BCUT2D eigenvalue weighted by Crippen LogP contribution is 2.15. The van der Waals surface area contributed by atoms with Crippen LogP contribution in [0.25, 0.3) is 11.4 Å². The first-order valence-corrected chi connectivity index (χ1v) is 4.19. The van der Waals surface area contributed by atoms with Gasteiger partial charge in [0.15, 0.2) is 0 Å². The number of pyridine rings is 1. The number of nitrogens with zero attached hydrogens (tertiary/aromatic N) is 3. The van der Waals surface area contributed by atoms with Crippen LogP contribution in [0.4, 0.5) is 0 Å². The molecular formula is C10H11N3. The minimum absolute atomic E-state index is 0.964. The van der Waals surface area contributed by atoms with Crippen LogP contribution in [0.2, 0.25) is 0 Å². The summed E-state index contributed by atoms with van der Waals surface area (Å²) in [6.45, 7) is 1.98. The van der Waals surface area contributed by atoms with Crippen molar-refractivity contribution in [1.82, 2.24) is 14.5 Å². The molecule has 0 bridgehead atoms. The Morgan fingerprint density at radius 3 is 2.62 bits per heavy atom. The molecule has 0 saturated heterocycles. The molecule has 0 aliphatic rings. The van der Waals surface area contributed by atoms with Gasteiger partial charge in [-0.05, 0) is 19.1 Å². The van der Waals surface area contributed by atoms with E-state index in [0.717, 1.165) is 17.2 Å². The van der Waals surface area contributed by atoms with Crippen molar-refractivity contribution in [1.29, 1.82) is 0 Å². The summed E-state index contributed by atoms with van der Waals surface area (Å²) < 4.78 is 2.03. The Labute approximate surface area is 77.1 Å². The normalized spacial score (nSPS) is 10.3. The van der Waals surface area contributed by atoms with Crippen molar-refractivity contribution in [3.63, 3.8) is 0 Å². The average Bonchev–Trinajstić information content (AvgIpc) is 2.49. The van der Waals surface area contributed by atoms with E-state index in [2.05, 4.69) is 9.97 Å². The van der Waals surface area contributed by atoms with E-state index in [0.29, 0.717) is 0 Å². The van der Waals surface area contributed by atoms with Gasteiger partial charge in [-0.15, -0.1) is 0 Å². The van der Waals surface area contributed by atoms with E-state index in [1.807, 2.05) is 42.9 Å². The van der Waals surface area contributed by atoms with E-state index in [9.17, 15) is 0 Å². The molecular weight excluding hydrogens is 162 g/mol. The van der Waals surface area contributed by atoms with Gasteiger partial charge in [0, 0.05) is 13.2 Å². The number of aryl methyl sites for hydroxylation is 1. The van der Waals surface area contributed by atoms with Gasteiger partial charge in [0.05, 0.1) is 17.6 Å². The SMILES string of the molecule is Cc1ncc(-c2ccccn2)n1C. The standard InChI is InChI=1S/C10H11N3/c1-8-12-7-10(13(8)2)9-5-3-4-6-11-9/h3-7H,1-2H3. The van der Waals surface area contributed by atoms with Gasteiger partial charge in [0.2, 0.25) is 0 Å². The second-order valence-corrected chi connectivity index (χ2v) is 2.96. The Morgan fingerprint density at radius 1 is 1.23 bits per heavy atom. The maximum Gasteiger partial charge on any atom is 0.105 e. The summed E-state index contributed by atoms with van der Waals surface area (Å²) in [5, 5.41) is 0. The lowest BCUT2D eigenvalue weighted by atomic mass is 10.3. The molecule has 0 N–H and O–H groups in total. The molecule has 0 saturated carbocycles. The molecule has 0 unspecified atom stereocenters. The van der Waals surface area contributed by atoms with Crippen molar-refractivity contribution in [3.05, 3.63) is 36.4 Å². The molecule has 3 heteroatoms. The Hall–Kier alpha value is -1.64. The smallest absolute Gasteiger partial charge is 0.105 e. The Bertz CT molecular complexity index is 403. The summed E-state index contributed by atoms with van der Waals surface area (Å²) in [5.74, 6) is 1.00. The Balaban J connectivity index is 2.53. The number of imidazole rings is 1. The minimum atomic E-state index is 0.964. The summed E-state index contributed by atoms with van der Waals surface area (Å²) in [4.78, 5) is 8.48. The van der Waals surface area contributed by atoms with Gasteiger partial charge in [0.1, 0.15) is 5.82 Å². The molecule has 0 aromatic carbocycles. The molecule has 0 spiro atoms. The highest BCUT2D eigenvalue weighted by atomic mass is 15.1. The summed E-state index contributed by atoms with van der Waals surface area (Å²) in [6, 6.07) is 5.87. The maximum atomic E-state index is 4.26. The molecule has 2 heterocycles. The van der Waals surface area contributed by atoms with Crippen molar-refractivity contribution in [2.24, 2.45) is 7.05 Å². The van der Waals surface area contributed by atoms with Gasteiger partial charge in [-0.25, -0.2) is 4.98 Å². The first kappa shape index (κ1) is 7.98. The van der Waals surface area contributed by atoms with Crippen LogP contribution in [0.1, 0.15) is 5.82 Å². The van der Waals surface area contributed by atoms with Gasteiger partial charge in [-0.2, -0.15) is 0 Å². The summed E-state index contributed by atoms with van der Waals surface area (Å²) in [6.07, 6.45) is 3.63. The zero-order valence-electron chi connectivity index (χ0n) is 7.73. The van der Waals surface area contributed by atoms with Gasteiger partial charge < -0.3 is 4.57 Å². The van der Waals surface area contributed by atoms with Crippen LogP contribution in [-0.2, 0) is 7.05 Å². The van der Waals surface area contributed by atoms with Crippen LogP contribution in [-0.4, -0.2) is 14.5 Å². The molecule has 2 aromatic rings. The third-order valence-electron chi connectivity index (χ3n) is 2.15. The van der Waals surface area contributed by atoms with Crippen molar-refractivity contribution in [2.75, 3.05) is 0 Å². The molecule has 2 aromatic heterocycles. The zero-order valence-corrected chi connectivity index (χ0v) is 7.73. The number of aromatic nitrogens is 3. The quantitative estimate of drug-likeness (QED) is 0.658. The van der Waals surface area contributed by atoms with Crippen LogP contribution in [0.5, 0.6) is 0 Å². The first-order chi connectivity index (χ1) is 6.29. The average molecular weight is 173 g/mol. The summed E-state index contributed by atoms with van der Waals surface area (Å²) >= 11 is 0. The molecule has 3 nitrogen and oxygen atoms in total. The molecule has 0 fully saturated rings. The van der Waals surface area contributed by atoms with Crippen molar-refractivity contribution < 1.29 is 0 Å². The van der Waals surface area contributed by atoms with E-state index in [-0.39, 0.29) is 0 Å². The van der Waals surface area contributed by atoms with Gasteiger partial charge >= 0.3 is 0 Å². The second kappa shape index (κ2) is 3.01. The van der Waals surface area contributed by atoms with Gasteiger partial charge in [-0.1, -0.05) is 6.07 Å². The zero-order chi connectivity index (χ0) is 9.26. The van der Waals surface area contributed by atoms with Crippen LogP contribution in [0.15, 0.2) is 30.6 Å². The first-order valence-electron chi connectivity index (χ1n) is 4.19. The fourth-order valence-corrected chi connectivity index (χ4v) is 1.25. The highest BCUT2D eigenvalue weighted by Gasteiger charge is 2.04. The van der Waals surface area contributed by atoms with E-state index in [1.165, 1.54) is 0 Å². The second-order valence-electron chi connectivity index (χ2n) is 2.96. The Kier molecular flexibility index (Phi) is 1.85. The van der Waals surface area contributed by atoms with Gasteiger partial charge in [-0.3, -0.25) is 4.98 Å². The van der Waals surface area contributed by atoms with Crippen LogP contribution < -0.4 is 0 Å². The molecule has 0 aliphatic carbocycles. The lowest BCUT2D eigenvalue weighted by Crippen LogP contribution is -1.95. The van der Waals surface area contributed by atoms with Crippen LogP contribution >= 0.6 is 0 Å². The third-order valence-corrected chi connectivity index (χ3v) is 2.15. The fraction of sp³-hybridized carbons (Fsp3) is 0.200. The van der Waals surface area contributed by atoms with E-state index < -0.39 is 0 Å². The van der Waals surface area contributed by atoms with Crippen molar-refractivity contribution >= 4 is 0 Å². The lowest BCUT2D eigenvalue weighted by molar-refractivity contribution is 0.862. The predicted molar refractivity (Wildman–Crippen MR) is 51.2 cm³/mol. The number of rotatable bonds is 1. The third kappa shape index (κ3) is 1.33. The molecule has 0 radical (unpaired) electrons. The highest BCUT2D eigenvalue weighted by molar-refractivity contribution is 5.53. The molecule has 0 atom stereocenters. The predicted octanol–water partition coefficient (Wildman–Crippen LogP) is 1.79. The van der Waals surface area contributed by atoms with E-state index >= 15 is 0 Å². The molecule has 13 heavy (non-hydrogen) atoms. The van der Waals surface area contributed by atoms with Crippen LogP contribution in [0.3, 0.4) is 0 Å². The van der Waals surface area contributed by atoms with Gasteiger partial charge in [0.25, 0.3) is 0 Å². The molecule has 0 aliphatic heterocycles. The molecule has 0 amide bonds. The van der Waals surface area contributed by atoms with Crippen molar-refractivity contribution in [3.8, 4) is 11.4 Å². The lowest BCUT2D eigenvalue weighted by Gasteiger charge is -2.01. The fourth-order valence-electron chi connectivity index (χ4n) is 1.25. The van der Waals surface area contributed by atoms with E-state index in [4.69, 9.17) is 0 Å². The Morgan fingerprint density at radius 2 is 2.08 bits per heavy atom. The number of hydrogen-bond donors (Lipinski definition) is 0. The summed E-state index contributed by atoms with van der Waals surface area (Å²) in [7, 11) is 1.99. The van der Waals surface area contributed by atoms with Crippen LogP contribution in [0, 0.1) is 6.92 Å². The minimum Gasteiger partial charge on any atom is -0.330 e. The number of hydrogen-bond acceptors (Lipinski definition) is 2. The summed E-state index contributed by atoms with van der Waals surface area (Å²) in [5.41, 5.74) is 2.02. The molecule has 2 rings (SSSR count). The van der Waals surface area contributed by atoms with E-state index in [1.54, 1.807) is 6.20 Å². The van der Waals surface area contributed by atoms with Crippen molar-refractivity contribution in [2.45, 2.75) is 6.92 Å². The monoisotopic (exact) mass is 173 g/mol. The largest absolute Gasteiger partial charge is 0.330 e. The maximum absolute atomic E-state index is 4.26. The topological polar surface area (TPSA) is 30.7 Å². The molecule has 66 valence electrons.